The molecule has 2 atom stereocenters. The van der Waals surface area contributed by atoms with Crippen LogP contribution in [0, 0.1) is 11.6 Å². The third kappa shape index (κ3) is 9.96. The van der Waals surface area contributed by atoms with Crippen LogP contribution in [0.4, 0.5) is 40.4 Å². The van der Waals surface area contributed by atoms with Gasteiger partial charge in [0.05, 0.1) is 29.5 Å². The molecule has 2 N–H and O–H groups in total. The average molecular weight is 866 g/mol. The summed E-state index contributed by atoms with van der Waals surface area (Å²) >= 11 is 0. The predicted molar refractivity (Wildman–Crippen MR) is 222 cm³/mol. The fourth-order valence-corrected chi connectivity index (χ4v) is 8.60. The number of pyridine rings is 1. The van der Waals surface area contributed by atoms with Crippen LogP contribution in [0.1, 0.15) is 90.0 Å². The monoisotopic (exact) mass is 865 g/mol. The molecule has 1 aromatic heterocycles. The van der Waals surface area contributed by atoms with E-state index in [1.807, 2.05) is 0 Å². The highest BCUT2D eigenvalue weighted by Gasteiger charge is 2.39. The highest BCUT2D eigenvalue weighted by atomic mass is 32.2. The molecule has 3 heterocycles. The van der Waals surface area contributed by atoms with Crippen molar-refractivity contribution in [3.63, 3.8) is 0 Å². The summed E-state index contributed by atoms with van der Waals surface area (Å²) in [7, 11) is -1.09. The Kier molecular flexibility index (Phi) is 12.2. The van der Waals surface area contributed by atoms with E-state index in [1.54, 1.807) is 48.5 Å². The van der Waals surface area contributed by atoms with Gasteiger partial charge in [0, 0.05) is 47.9 Å². The molecule has 0 saturated heterocycles. The summed E-state index contributed by atoms with van der Waals surface area (Å²) in [6.07, 6.45) is -0.865. The Hall–Kier alpha value is -6.04. The van der Waals surface area contributed by atoms with Crippen molar-refractivity contribution in [1.82, 2.24) is 9.88 Å². The molecule has 0 spiro atoms. The average Bonchev–Trinajstić information content (AvgIpc) is 4.01. The zero-order valence-corrected chi connectivity index (χ0v) is 36.2. The van der Waals surface area contributed by atoms with Gasteiger partial charge in [0.25, 0.3) is 0 Å². The van der Waals surface area contributed by atoms with E-state index in [1.165, 1.54) is 56.8 Å². The third-order valence-corrected chi connectivity index (χ3v) is 12.1. The maximum Gasteiger partial charge on any atom is 0.425 e. The Bertz CT molecular complexity index is 2490. The number of nitrogens with one attached hydrogen (secondary N) is 2. The minimum absolute atomic E-state index is 0.00603. The number of carbonyl (C=O) groups excluding carboxylic acids is 4. The number of rotatable bonds is 6. The van der Waals surface area contributed by atoms with Crippen LogP contribution < -0.4 is 20.3 Å². The van der Waals surface area contributed by atoms with E-state index in [2.05, 4.69) is 15.6 Å². The zero-order chi connectivity index (χ0) is 44.8. The molecule has 1 saturated carbocycles. The number of fused-ring (bicyclic) bond motifs is 10. The molecule has 4 aromatic rings. The van der Waals surface area contributed by atoms with E-state index < -0.39 is 74.1 Å². The number of aromatic nitrogens is 1. The summed E-state index contributed by atoms with van der Waals surface area (Å²) in [4.78, 5) is 60.5. The van der Waals surface area contributed by atoms with Gasteiger partial charge in [0.2, 0.25) is 5.91 Å². The number of ether oxygens (including phenoxy) is 4. The van der Waals surface area contributed by atoms with Crippen molar-refractivity contribution in [1.29, 1.82) is 0 Å². The second-order valence-corrected chi connectivity index (χ2v) is 19.3. The first-order valence-corrected chi connectivity index (χ1v) is 21.1. The van der Waals surface area contributed by atoms with Gasteiger partial charge in [-0.2, -0.15) is 4.90 Å². The number of sulfone groups is 1. The molecule has 18 heteroatoms. The molecule has 326 valence electrons. The highest BCUT2D eigenvalue weighted by molar-refractivity contribution is 7.92. The second kappa shape index (κ2) is 16.8. The van der Waals surface area contributed by atoms with E-state index in [4.69, 9.17) is 18.9 Å². The number of imide groups is 1. The molecule has 15 nitrogen and oxygen atoms in total. The Morgan fingerprint density at radius 1 is 0.934 bits per heavy atom. The summed E-state index contributed by atoms with van der Waals surface area (Å²) in [5, 5.41) is 5.10. The smallest absolute Gasteiger partial charge is 0.425 e. The number of hydrogen-bond acceptors (Lipinski definition) is 12. The summed E-state index contributed by atoms with van der Waals surface area (Å²) in [5.74, 6) is -3.41. The zero-order valence-electron chi connectivity index (χ0n) is 35.3. The van der Waals surface area contributed by atoms with Gasteiger partial charge >= 0.3 is 18.3 Å². The lowest BCUT2D eigenvalue weighted by molar-refractivity contribution is -0.131. The number of likely N-dealkylation sites (N-methyl/N-ethyl adjacent to an activating group) is 1. The number of hydrogen-bond donors (Lipinski definition) is 2. The molecule has 3 aromatic carbocycles. The first kappa shape index (κ1) is 44.5. The van der Waals surface area contributed by atoms with Crippen LogP contribution >= 0.6 is 0 Å². The standard InChI is InChI=1S/C43H49F2N5O10S/c1-23-22-58-39(52)47-26-10-13-35(61(55,56)27-11-12-27)25(16-26)21-49(8)38(51)36(30-20-34(57-9)28(23)18-31(30)44)48-33-17-24-14-15-46-37(29(24)19-32(33)45)50(40(53)59-42(2,3)4)41(54)60-43(5,6)7/h10,13-20,23,27,36,48H,11-12,21-22H2,1-9H3,(H,47,52)/t23-,36+/m0/s1. The molecule has 7 rings (SSSR count). The van der Waals surface area contributed by atoms with Gasteiger partial charge in [0.1, 0.15) is 34.6 Å². The summed E-state index contributed by atoms with van der Waals surface area (Å²) in [5.41, 5.74) is -1.91. The lowest BCUT2D eigenvalue weighted by Crippen LogP contribution is -2.44. The maximum absolute atomic E-state index is 16.5. The van der Waals surface area contributed by atoms with Gasteiger partial charge in [-0.1, -0.05) is 6.92 Å². The first-order valence-electron chi connectivity index (χ1n) is 19.5. The van der Waals surface area contributed by atoms with Gasteiger partial charge in [0.15, 0.2) is 15.7 Å². The first-order chi connectivity index (χ1) is 28.5. The van der Waals surface area contributed by atoms with E-state index in [9.17, 15) is 27.6 Å². The Balaban J connectivity index is 1.47. The number of benzene rings is 3. The molecule has 61 heavy (non-hydrogen) atoms. The Labute approximate surface area is 352 Å². The number of anilines is 3. The van der Waals surface area contributed by atoms with Crippen LogP contribution in [-0.2, 0) is 35.4 Å². The Morgan fingerprint density at radius 2 is 1.59 bits per heavy atom. The molecule has 1 fully saturated rings. The maximum atomic E-state index is 16.5. The molecule has 4 bridgehead atoms. The number of halogens is 2. The quantitative estimate of drug-likeness (QED) is 0.176. The SMILES string of the molecule is COc1cc2c(F)cc1[C@@H](C)COC(=O)Nc1ccc(S(=O)(=O)C3CC3)c(c1)CN(C)C(=O)[C@@H]2Nc1cc2ccnc(N(C(=O)OC(C)(C)C)C(=O)OC(C)(C)C)c2cc1F. The minimum atomic E-state index is -3.81. The van der Waals surface area contributed by atoms with Crippen LogP contribution in [0.2, 0.25) is 0 Å². The fourth-order valence-electron chi connectivity index (χ4n) is 6.74. The van der Waals surface area contributed by atoms with Crippen molar-refractivity contribution in [3.8, 4) is 5.75 Å². The van der Waals surface area contributed by atoms with E-state index in [0.29, 0.717) is 23.3 Å². The largest absolute Gasteiger partial charge is 0.496 e. The number of nitrogens with zero attached hydrogens (tertiary/aromatic N) is 3. The van der Waals surface area contributed by atoms with Crippen molar-refractivity contribution < 1.29 is 55.3 Å². The summed E-state index contributed by atoms with van der Waals surface area (Å²) in [6, 6.07) is 8.80. The molecule has 1 aliphatic carbocycles. The van der Waals surface area contributed by atoms with Gasteiger partial charge in [-0.25, -0.2) is 36.6 Å². The van der Waals surface area contributed by atoms with Gasteiger partial charge in [-0.05, 0) is 114 Å². The van der Waals surface area contributed by atoms with E-state index in [-0.39, 0.29) is 62.9 Å². The van der Waals surface area contributed by atoms with Crippen molar-refractivity contribution in [3.05, 3.63) is 83.1 Å². The van der Waals surface area contributed by atoms with Crippen molar-refractivity contribution >= 4 is 62.0 Å². The predicted octanol–water partition coefficient (Wildman–Crippen LogP) is 8.61. The normalized spacial score (nSPS) is 17.7. The van der Waals surface area contributed by atoms with Gasteiger partial charge in [-0.15, -0.1) is 0 Å². The van der Waals surface area contributed by atoms with Crippen molar-refractivity contribution in [2.24, 2.45) is 0 Å². The highest BCUT2D eigenvalue weighted by Crippen LogP contribution is 2.39. The molecular formula is C43H49F2N5O10S. The van der Waals surface area contributed by atoms with Crippen molar-refractivity contribution in [2.45, 2.75) is 101 Å². The third-order valence-electron chi connectivity index (χ3n) is 9.76. The molecule has 4 amide bonds. The van der Waals surface area contributed by atoms with Crippen molar-refractivity contribution in [2.75, 3.05) is 36.3 Å². The fraction of sp³-hybridized carbons (Fsp3) is 0.419. The van der Waals surface area contributed by atoms with E-state index >= 15 is 8.78 Å². The minimum Gasteiger partial charge on any atom is -0.496 e. The second-order valence-electron chi connectivity index (χ2n) is 17.1. The Morgan fingerprint density at radius 3 is 2.20 bits per heavy atom. The number of carbonyl (C=O) groups is 4. The van der Waals surface area contributed by atoms with Crippen LogP contribution in [0.15, 0.2) is 59.6 Å². The lowest BCUT2D eigenvalue weighted by Gasteiger charge is -2.29. The molecular weight excluding hydrogens is 817 g/mol. The topological polar surface area (TPSA) is 183 Å². The lowest BCUT2D eigenvalue weighted by atomic mass is 9.95. The number of amides is 4. The molecule has 3 aliphatic rings. The van der Waals surface area contributed by atoms with Crippen LogP contribution in [0.5, 0.6) is 5.75 Å². The van der Waals surface area contributed by atoms with Gasteiger partial charge < -0.3 is 29.2 Å². The van der Waals surface area contributed by atoms with E-state index in [0.717, 1.165) is 17.0 Å². The molecule has 2 aliphatic heterocycles. The van der Waals surface area contributed by atoms with Crippen LogP contribution in [0.3, 0.4) is 0 Å². The molecule has 0 unspecified atom stereocenters. The van der Waals surface area contributed by atoms with Crippen LogP contribution in [-0.4, -0.2) is 79.7 Å². The summed E-state index contributed by atoms with van der Waals surface area (Å²) in [6.45, 7) is 10.8. The number of methoxy groups -OCH3 is 1. The molecule has 0 radical (unpaired) electrons. The van der Waals surface area contributed by atoms with Gasteiger partial charge in [-0.3, -0.25) is 10.1 Å². The summed E-state index contributed by atoms with van der Waals surface area (Å²) < 4.78 is 82.2. The van der Waals surface area contributed by atoms with Crippen LogP contribution in [0.25, 0.3) is 10.8 Å².